The summed E-state index contributed by atoms with van der Waals surface area (Å²) in [6, 6.07) is 5.33. The first-order valence-electron chi connectivity index (χ1n) is 6.35. The van der Waals surface area contributed by atoms with Gasteiger partial charge in [0.05, 0.1) is 23.4 Å². The molecule has 0 spiro atoms. The molecular formula is C13H13ClN4O2. The monoisotopic (exact) mass is 292 g/mol. The average molecular weight is 293 g/mol. The van der Waals surface area contributed by atoms with Crippen molar-refractivity contribution in [3.05, 3.63) is 45.4 Å². The van der Waals surface area contributed by atoms with Crippen molar-refractivity contribution in [3.8, 4) is 11.3 Å². The first-order chi connectivity index (χ1) is 9.63. The van der Waals surface area contributed by atoms with Crippen LogP contribution in [-0.2, 0) is 6.54 Å². The molecular weight excluding hydrogens is 280 g/mol. The molecule has 0 amide bonds. The molecule has 1 aliphatic carbocycles. The predicted molar refractivity (Wildman–Crippen MR) is 75.5 cm³/mol. The van der Waals surface area contributed by atoms with E-state index < -0.39 is 4.92 Å². The Hall–Kier alpha value is -1.92. The molecule has 104 valence electrons. The van der Waals surface area contributed by atoms with Crippen LogP contribution in [0.1, 0.15) is 18.7 Å². The van der Waals surface area contributed by atoms with Crippen LogP contribution >= 0.6 is 11.6 Å². The van der Waals surface area contributed by atoms with E-state index in [0.29, 0.717) is 18.2 Å². The maximum absolute atomic E-state index is 10.9. The number of hydrogen-bond donors (Lipinski definition) is 2. The van der Waals surface area contributed by atoms with Crippen LogP contribution in [-0.4, -0.2) is 20.9 Å². The van der Waals surface area contributed by atoms with Crippen LogP contribution in [0.2, 0.25) is 5.02 Å². The van der Waals surface area contributed by atoms with Crippen molar-refractivity contribution in [3.63, 3.8) is 0 Å². The third-order valence-corrected chi connectivity index (χ3v) is 3.54. The van der Waals surface area contributed by atoms with Crippen LogP contribution in [0.15, 0.2) is 24.4 Å². The predicted octanol–water partition coefficient (Wildman–Crippen LogP) is 2.89. The molecule has 2 aromatic rings. The Morgan fingerprint density at radius 2 is 2.30 bits per heavy atom. The topological polar surface area (TPSA) is 83.8 Å². The van der Waals surface area contributed by atoms with Crippen molar-refractivity contribution in [2.24, 2.45) is 0 Å². The number of aromatic amines is 1. The lowest BCUT2D eigenvalue weighted by Gasteiger charge is -2.00. The summed E-state index contributed by atoms with van der Waals surface area (Å²) in [6.45, 7) is 0.681. The van der Waals surface area contributed by atoms with E-state index in [1.165, 1.54) is 25.0 Å². The number of aromatic nitrogens is 2. The molecule has 2 N–H and O–H groups in total. The van der Waals surface area contributed by atoms with Gasteiger partial charge < -0.3 is 10.3 Å². The van der Waals surface area contributed by atoms with Crippen LogP contribution in [0.25, 0.3) is 11.3 Å². The summed E-state index contributed by atoms with van der Waals surface area (Å²) in [4.78, 5) is 17.8. The van der Waals surface area contributed by atoms with Gasteiger partial charge in [0.2, 0.25) is 0 Å². The molecule has 1 saturated carbocycles. The number of nitro groups is 1. The summed E-state index contributed by atoms with van der Waals surface area (Å²) < 4.78 is 0. The minimum atomic E-state index is -0.488. The lowest BCUT2D eigenvalue weighted by molar-refractivity contribution is -0.384. The normalized spacial score (nSPS) is 14.4. The summed E-state index contributed by atoms with van der Waals surface area (Å²) in [5.41, 5.74) is 1.35. The number of hydrogen-bond acceptors (Lipinski definition) is 4. The number of halogens is 1. The van der Waals surface area contributed by atoms with Gasteiger partial charge in [-0.1, -0.05) is 17.7 Å². The van der Waals surface area contributed by atoms with Gasteiger partial charge in [0.25, 0.3) is 5.69 Å². The van der Waals surface area contributed by atoms with Gasteiger partial charge in [-0.15, -0.1) is 0 Å². The van der Waals surface area contributed by atoms with Crippen molar-refractivity contribution >= 4 is 17.3 Å². The van der Waals surface area contributed by atoms with E-state index in [2.05, 4.69) is 15.3 Å². The molecule has 0 unspecified atom stereocenters. The van der Waals surface area contributed by atoms with E-state index in [1.807, 2.05) is 0 Å². The number of nitro benzene ring substituents is 1. The molecule has 0 saturated heterocycles. The van der Waals surface area contributed by atoms with Gasteiger partial charge in [-0.25, -0.2) is 4.98 Å². The number of nitrogens with one attached hydrogen (secondary N) is 2. The van der Waals surface area contributed by atoms with Gasteiger partial charge in [-0.3, -0.25) is 10.1 Å². The minimum Gasteiger partial charge on any atom is -0.341 e. The van der Waals surface area contributed by atoms with Crippen LogP contribution in [0, 0.1) is 10.1 Å². The largest absolute Gasteiger partial charge is 0.341 e. The summed E-state index contributed by atoms with van der Waals surface area (Å²) in [7, 11) is 0. The summed E-state index contributed by atoms with van der Waals surface area (Å²) in [5, 5.41) is 14.4. The van der Waals surface area contributed by atoms with Gasteiger partial charge in [-0.2, -0.15) is 0 Å². The van der Waals surface area contributed by atoms with Crippen molar-refractivity contribution in [1.82, 2.24) is 15.3 Å². The molecule has 0 aliphatic heterocycles. The van der Waals surface area contributed by atoms with Crippen molar-refractivity contribution in [2.75, 3.05) is 0 Å². The zero-order valence-corrected chi connectivity index (χ0v) is 11.4. The summed E-state index contributed by atoms with van der Waals surface area (Å²) in [5.74, 6) is 0.824. The van der Waals surface area contributed by atoms with E-state index in [9.17, 15) is 10.1 Å². The Balaban J connectivity index is 1.81. The van der Waals surface area contributed by atoms with E-state index in [0.717, 1.165) is 11.5 Å². The van der Waals surface area contributed by atoms with Crippen LogP contribution in [0.3, 0.4) is 0 Å². The Labute approximate surface area is 120 Å². The molecule has 1 fully saturated rings. The van der Waals surface area contributed by atoms with Gasteiger partial charge in [0, 0.05) is 17.7 Å². The maximum atomic E-state index is 10.9. The molecule has 0 atom stereocenters. The quantitative estimate of drug-likeness (QED) is 0.655. The van der Waals surface area contributed by atoms with Gasteiger partial charge in [0.1, 0.15) is 10.8 Å². The fraction of sp³-hybridized carbons (Fsp3) is 0.308. The smallest absolute Gasteiger partial charge is 0.288 e. The molecule has 7 heteroatoms. The van der Waals surface area contributed by atoms with E-state index >= 15 is 0 Å². The molecule has 6 nitrogen and oxygen atoms in total. The molecule has 1 aromatic heterocycles. The Morgan fingerprint density at radius 1 is 1.50 bits per heavy atom. The fourth-order valence-corrected chi connectivity index (χ4v) is 2.13. The van der Waals surface area contributed by atoms with Gasteiger partial charge in [-0.05, 0) is 18.9 Å². The Bertz CT molecular complexity index is 652. The van der Waals surface area contributed by atoms with Crippen molar-refractivity contribution in [2.45, 2.75) is 25.4 Å². The third kappa shape index (κ3) is 2.81. The Kier molecular flexibility index (Phi) is 3.42. The van der Waals surface area contributed by atoms with E-state index in [1.54, 1.807) is 12.3 Å². The molecule has 3 rings (SSSR count). The summed E-state index contributed by atoms with van der Waals surface area (Å²) >= 11 is 5.80. The third-order valence-electron chi connectivity index (χ3n) is 3.22. The first kappa shape index (κ1) is 13.1. The number of rotatable bonds is 5. The second kappa shape index (κ2) is 5.22. The highest BCUT2D eigenvalue weighted by Crippen LogP contribution is 2.29. The van der Waals surface area contributed by atoms with Gasteiger partial charge in [0.15, 0.2) is 0 Å². The molecule has 1 aromatic carbocycles. The highest BCUT2D eigenvalue weighted by atomic mass is 35.5. The van der Waals surface area contributed by atoms with Gasteiger partial charge >= 0.3 is 0 Å². The maximum Gasteiger partial charge on any atom is 0.288 e. The second-order valence-electron chi connectivity index (χ2n) is 4.82. The Morgan fingerprint density at radius 3 is 3.00 bits per heavy atom. The molecule has 1 heterocycles. The van der Waals surface area contributed by atoms with Crippen LogP contribution in [0.5, 0.6) is 0 Å². The summed E-state index contributed by atoms with van der Waals surface area (Å²) in [6.07, 6.45) is 4.12. The van der Waals surface area contributed by atoms with Crippen molar-refractivity contribution in [1.29, 1.82) is 0 Å². The average Bonchev–Trinajstić information content (AvgIpc) is 3.14. The number of imidazole rings is 1. The molecule has 0 bridgehead atoms. The zero-order chi connectivity index (χ0) is 14.1. The van der Waals surface area contributed by atoms with Crippen LogP contribution in [0.4, 0.5) is 5.69 Å². The molecule has 0 radical (unpaired) electrons. The number of benzene rings is 1. The number of nitrogens with zero attached hydrogens (tertiary/aromatic N) is 2. The lowest BCUT2D eigenvalue weighted by atomic mass is 10.1. The second-order valence-corrected chi connectivity index (χ2v) is 5.23. The number of H-pyrrole nitrogens is 1. The minimum absolute atomic E-state index is 0.101. The standard InChI is InChI=1S/C13H13ClN4O2/c14-10-4-1-8(5-12(10)18(19)20)11-6-16-13(17-11)7-15-9-2-3-9/h1,4-6,9,15H,2-3,7H2,(H,16,17). The highest BCUT2D eigenvalue weighted by Gasteiger charge is 2.20. The van der Waals surface area contributed by atoms with Crippen molar-refractivity contribution < 1.29 is 4.92 Å². The van der Waals surface area contributed by atoms with Crippen LogP contribution < -0.4 is 5.32 Å². The molecule has 20 heavy (non-hydrogen) atoms. The van der Waals surface area contributed by atoms with E-state index in [-0.39, 0.29) is 10.7 Å². The van der Waals surface area contributed by atoms with E-state index in [4.69, 9.17) is 11.6 Å². The highest BCUT2D eigenvalue weighted by molar-refractivity contribution is 6.32. The first-order valence-corrected chi connectivity index (χ1v) is 6.73. The molecule has 1 aliphatic rings. The zero-order valence-electron chi connectivity index (χ0n) is 10.6. The SMILES string of the molecule is O=[N+]([O-])c1cc(-c2cnc(CNC3CC3)[nH]2)ccc1Cl. The fourth-order valence-electron chi connectivity index (χ4n) is 1.95. The lowest BCUT2D eigenvalue weighted by Crippen LogP contribution is -2.16.